The average molecular weight is 995 g/mol. The Morgan fingerprint density at radius 2 is 1.20 bits per heavy atom. The molecular weight excluding hydrogens is 932 g/mol. The lowest BCUT2D eigenvalue weighted by molar-refractivity contribution is -0.896. The summed E-state index contributed by atoms with van der Waals surface area (Å²) in [5.41, 5.74) is 13.4. The van der Waals surface area contributed by atoms with Gasteiger partial charge in [-0.15, -0.1) is 0 Å². The van der Waals surface area contributed by atoms with Gasteiger partial charge in [-0.2, -0.15) is 0 Å². The van der Waals surface area contributed by atoms with E-state index < -0.39 is 12.4 Å². The number of carboxylic acids is 1. The lowest BCUT2D eigenvalue weighted by atomic mass is 9.45. The number of fused-ring (bicyclic) bond motifs is 2. The summed E-state index contributed by atoms with van der Waals surface area (Å²) in [6.07, 6.45) is -0.250. The number of benzene rings is 6. The van der Waals surface area contributed by atoms with Gasteiger partial charge in [0.15, 0.2) is 0 Å². The third-order valence-corrected chi connectivity index (χ3v) is 13.9. The van der Waals surface area contributed by atoms with Gasteiger partial charge in [0.2, 0.25) is 5.82 Å². The van der Waals surface area contributed by atoms with E-state index in [4.69, 9.17) is 14.5 Å². The molecule has 1 unspecified atom stereocenters. The van der Waals surface area contributed by atoms with Gasteiger partial charge in [0.1, 0.15) is 37.7 Å². The molecule has 0 fully saturated rings. The number of anilines is 1. The van der Waals surface area contributed by atoms with E-state index in [9.17, 15) is 14.7 Å². The molecule has 9 rings (SSSR count). The van der Waals surface area contributed by atoms with Crippen molar-refractivity contribution in [3.8, 4) is 57.4 Å². The van der Waals surface area contributed by atoms with Crippen LogP contribution in [0.4, 0.5) is 11.5 Å². The Bertz CT molecular complexity index is 3510. The molecule has 0 radical (unpaired) electrons. The third-order valence-electron chi connectivity index (χ3n) is 13.9. The fourth-order valence-electron chi connectivity index (χ4n) is 9.94. The molecule has 1 aromatic heterocycles. The highest BCUT2D eigenvalue weighted by atomic mass is 16.5. The van der Waals surface area contributed by atoms with E-state index in [1.54, 1.807) is 19.2 Å². The van der Waals surface area contributed by atoms with Crippen LogP contribution >= 0.6 is 0 Å². The van der Waals surface area contributed by atoms with Crippen LogP contribution in [0.3, 0.4) is 0 Å². The van der Waals surface area contributed by atoms with Crippen LogP contribution in [-0.2, 0) is 17.9 Å². The number of methoxy groups -OCH3 is 1. The number of aryl methyl sites for hydroxylation is 2. The molecule has 12 heteroatoms. The molecule has 1 atom stereocenters. The quantitative estimate of drug-likeness (QED) is 0.0476. The number of ether oxygens (including phenoxy) is 2. The fourth-order valence-corrected chi connectivity index (χ4v) is 9.94. The normalized spacial score (nSPS) is 14.8. The zero-order valence-corrected chi connectivity index (χ0v) is 44.3. The Kier molecular flexibility index (Phi) is 14.4. The van der Waals surface area contributed by atoms with Crippen LogP contribution < -0.4 is 14.4 Å². The van der Waals surface area contributed by atoms with E-state index in [-0.39, 0.29) is 5.56 Å². The van der Waals surface area contributed by atoms with Crippen molar-refractivity contribution >= 4 is 47.5 Å². The van der Waals surface area contributed by atoms with Gasteiger partial charge in [-0.05, 0) is 120 Å². The van der Waals surface area contributed by atoms with E-state index in [0.717, 1.165) is 90.1 Å². The number of hydrogen-bond donors (Lipinski definition) is 1. The van der Waals surface area contributed by atoms with Gasteiger partial charge in [0.25, 0.3) is 12.3 Å². The van der Waals surface area contributed by atoms with Crippen LogP contribution in [0, 0.1) is 37.3 Å². The lowest BCUT2D eigenvalue weighted by Gasteiger charge is -2.38. The Labute approximate surface area is 441 Å². The Balaban J connectivity index is 1.34. The molecule has 0 aliphatic carbocycles. The van der Waals surface area contributed by atoms with Crippen LogP contribution in [0.15, 0.2) is 163 Å². The van der Waals surface area contributed by atoms with Gasteiger partial charge in [0.05, 0.1) is 52.1 Å². The second-order valence-electron chi connectivity index (χ2n) is 21.1. The van der Waals surface area contributed by atoms with Gasteiger partial charge in [-0.25, -0.2) is 16.4 Å². The minimum Gasteiger partial charge on any atom is -0.497 e. The highest BCUT2D eigenvalue weighted by molar-refractivity contribution is 6.89. The maximum Gasteiger partial charge on any atom is 0.434 e. The zero-order valence-electron chi connectivity index (χ0n) is 44.3. The number of hydrogen-bond acceptors (Lipinski definition) is 6. The summed E-state index contributed by atoms with van der Waals surface area (Å²) in [6, 6.07) is 51.0. The SMILES string of the molecule is COc1ccc(-c2cc(-c3ccc(N(C)C)cc3)c3n2[B-](C#CC[N+](C)(C)Cc2ccc(OC=O)cc2)(C#CC[N+](C)(C)Cc2ccc(C(=O)O)cc2)[N+]2=C(c4ccc(C)cc4)C=C(c4ccc(C)cc4)C2=N3)cc1. The molecule has 75 heavy (non-hydrogen) atoms. The number of nitrogens with zero attached hydrogens (tertiary/aromatic N) is 6. The first-order chi connectivity index (χ1) is 36.0. The predicted octanol–water partition coefficient (Wildman–Crippen LogP) is 10.3. The number of carboxylic acid groups (broad SMARTS) is 1. The largest absolute Gasteiger partial charge is 0.497 e. The minimum atomic E-state index is -2.51. The molecule has 0 amide bonds. The van der Waals surface area contributed by atoms with Crippen molar-refractivity contribution in [2.45, 2.75) is 26.9 Å². The molecule has 0 saturated heterocycles. The van der Waals surface area contributed by atoms with E-state index in [2.05, 4.69) is 176 Å². The Hall–Kier alpha value is -8.68. The Morgan fingerprint density at radius 3 is 1.72 bits per heavy atom. The molecule has 2 aliphatic heterocycles. The number of carbonyl (C=O) groups excluding carboxylic acids is 1. The second kappa shape index (κ2) is 21.0. The molecule has 0 spiro atoms. The van der Waals surface area contributed by atoms with Gasteiger partial charge in [-0.3, -0.25) is 4.79 Å². The Morgan fingerprint density at radius 1 is 0.693 bits per heavy atom. The maximum atomic E-state index is 11.8. The summed E-state index contributed by atoms with van der Waals surface area (Å²) >= 11 is 0. The van der Waals surface area contributed by atoms with E-state index >= 15 is 0 Å². The predicted molar refractivity (Wildman–Crippen MR) is 303 cm³/mol. The van der Waals surface area contributed by atoms with Crippen LogP contribution in [0.25, 0.3) is 28.0 Å². The number of aliphatic imine (C=N–C) groups is 1. The molecular formula is C63H63BN6O5+2. The molecule has 6 aromatic carbocycles. The monoisotopic (exact) mass is 994 g/mol. The number of aromatic nitrogens is 1. The number of rotatable bonds is 15. The summed E-state index contributed by atoms with van der Waals surface area (Å²) in [5.74, 6) is 17.4. The molecule has 11 nitrogen and oxygen atoms in total. The van der Waals surface area contributed by atoms with E-state index in [1.165, 1.54) is 0 Å². The number of quaternary nitrogens is 2. The topological polar surface area (TPSA) is 96.4 Å². The first-order valence-corrected chi connectivity index (χ1v) is 25.1. The van der Waals surface area contributed by atoms with Crippen LogP contribution in [0.2, 0.25) is 0 Å². The van der Waals surface area contributed by atoms with Crippen molar-refractivity contribution in [3.63, 3.8) is 0 Å². The van der Waals surface area contributed by atoms with Gasteiger partial charge >= 0.3 is 12.4 Å². The zero-order chi connectivity index (χ0) is 53.1. The summed E-state index contributed by atoms with van der Waals surface area (Å²) in [6.45, 7) is 6.84. The molecule has 376 valence electrons. The van der Waals surface area contributed by atoms with Crippen molar-refractivity contribution < 1.29 is 37.6 Å². The van der Waals surface area contributed by atoms with E-state index in [0.29, 0.717) is 47.4 Å². The number of aromatic carboxylic acids is 1. The molecule has 7 aromatic rings. The van der Waals surface area contributed by atoms with Crippen LogP contribution in [-0.4, -0.2) is 116 Å². The van der Waals surface area contributed by atoms with Crippen LogP contribution in [0.1, 0.15) is 43.7 Å². The maximum absolute atomic E-state index is 11.8. The van der Waals surface area contributed by atoms with Crippen molar-refractivity contribution in [1.29, 1.82) is 0 Å². The third kappa shape index (κ3) is 11.0. The van der Waals surface area contributed by atoms with Gasteiger partial charge in [0, 0.05) is 47.7 Å². The summed E-state index contributed by atoms with van der Waals surface area (Å²) < 4.78 is 16.5. The summed E-state index contributed by atoms with van der Waals surface area (Å²) in [5, 5.41) is 9.64. The number of allylic oxidation sites excluding steroid dienone is 1. The highest BCUT2D eigenvalue weighted by Crippen LogP contribution is 2.46. The summed E-state index contributed by atoms with van der Waals surface area (Å²) in [7, 11) is 14.4. The van der Waals surface area contributed by atoms with Gasteiger partial charge < -0.3 is 37.4 Å². The first-order valence-electron chi connectivity index (χ1n) is 25.1. The first kappa shape index (κ1) is 51.2. The highest BCUT2D eigenvalue weighted by Gasteiger charge is 2.50. The van der Waals surface area contributed by atoms with Crippen molar-refractivity contribution in [2.24, 2.45) is 4.99 Å². The minimum absolute atomic E-state index is 0.249. The standard InChI is InChI=1S/C63H62BN6O5/c1-45-12-20-49(21-13-45)57-40-59(51-22-14-46(2)15-23-51)67-61(57)65-62-58(50-26-30-54(31-27-50)66(3)4)41-60(52-28-34-55(74-9)35-29-52)68(62)64(67,36-10-38-69(5,6)42-47-16-24-53(25-17-47)63(72)73)37-11-39-70(7,8)43-48-18-32-56(33-19-48)75-44-71/h12-35,40-41,44H,38-39,42-43H2,1-9H3/q+1/p+1. The molecule has 0 saturated carbocycles. The average Bonchev–Trinajstić information content (AvgIpc) is 4.03. The molecule has 2 aliphatic rings. The molecule has 0 bridgehead atoms. The van der Waals surface area contributed by atoms with Crippen molar-refractivity contribution in [1.82, 2.24) is 4.48 Å². The molecule has 3 heterocycles. The van der Waals surface area contributed by atoms with E-state index in [1.807, 2.05) is 62.6 Å². The van der Waals surface area contributed by atoms with Crippen molar-refractivity contribution in [3.05, 3.63) is 197 Å². The fraction of sp³-hybridized carbons (Fsp3) is 0.206. The van der Waals surface area contributed by atoms with Crippen molar-refractivity contribution in [2.75, 3.05) is 67.4 Å². The second-order valence-corrected chi connectivity index (χ2v) is 21.1. The van der Waals surface area contributed by atoms with Gasteiger partial charge in [-0.1, -0.05) is 95.8 Å². The summed E-state index contributed by atoms with van der Waals surface area (Å²) in [4.78, 5) is 30.8. The van der Waals surface area contributed by atoms with Crippen LogP contribution in [0.5, 0.6) is 11.5 Å². The number of carbonyl (C=O) groups is 2. The lowest BCUT2D eigenvalue weighted by Crippen LogP contribution is -2.58. The molecule has 1 N–H and O–H groups in total. The smallest absolute Gasteiger partial charge is 0.434 e. The number of amidine groups is 1.